The largest absolute Gasteiger partial charge is 0.494 e. The molecule has 2 saturated heterocycles. The summed E-state index contributed by atoms with van der Waals surface area (Å²) in [5.74, 6) is 1.40. The first-order valence-corrected chi connectivity index (χ1v) is 10.5. The lowest BCUT2D eigenvalue weighted by Crippen LogP contribution is -2.62. The van der Waals surface area contributed by atoms with Crippen LogP contribution in [0.25, 0.3) is 0 Å². The quantitative estimate of drug-likeness (QED) is 0.515. The fourth-order valence-corrected chi connectivity index (χ4v) is 5.79. The van der Waals surface area contributed by atoms with Crippen LogP contribution in [0.4, 0.5) is 0 Å². The van der Waals surface area contributed by atoms with E-state index in [1.54, 1.807) is 0 Å². The molecule has 2 aliphatic carbocycles. The van der Waals surface area contributed by atoms with E-state index >= 15 is 0 Å². The lowest BCUT2D eigenvalue weighted by molar-refractivity contribution is -0.325. The van der Waals surface area contributed by atoms with Gasteiger partial charge in [-0.3, -0.25) is 4.79 Å². The van der Waals surface area contributed by atoms with Gasteiger partial charge in [-0.2, -0.15) is 0 Å². The van der Waals surface area contributed by atoms with Crippen LogP contribution in [0.15, 0.2) is 12.3 Å². The molecule has 8 heteroatoms. The number of rotatable bonds is 3. The zero-order valence-corrected chi connectivity index (χ0v) is 16.9. The van der Waals surface area contributed by atoms with Gasteiger partial charge in [0.25, 0.3) is 0 Å². The zero-order chi connectivity index (χ0) is 21.1. The second-order valence-corrected chi connectivity index (χ2v) is 9.42. The van der Waals surface area contributed by atoms with Gasteiger partial charge in [-0.15, -0.1) is 0 Å². The van der Waals surface area contributed by atoms with E-state index in [0.717, 1.165) is 18.6 Å². The van der Waals surface area contributed by atoms with Gasteiger partial charge in [-0.05, 0) is 12.8 Å². The summed E-state index contributed by atoms with van der Waals surface area (Å²) in [6.07, 6.45) is -4.93. The molecule has 0 amide bonds. The summed E-state index contributed by atoms with van der Waals surface area (Å²) in [4.78, 5) is 12.6. The SMILES string of the molecule is C=C1OC2C3CC(=O)CC(O[C@H]4O[C@@H](CO)[C@H](O)[C@@H](O)[C@@H]4O)[C@]3(C)CC[C@H]2C1C. The predicted molar refractivity (Wildman–Crippen MR) is 100 cm³/mol. The molecule has 0 aromatic carbocycles. The highest BCUT2D eigenvalue weighted by atomic mass is 16.7. The van der Waals surface area contributed by atoms with Gasteiger partial charge in [0.2, 0.25) is 0 Å². The normalized spacial score (nSPS) is 52.6. The number of ketones is 1. The first kappa shape index (κ1) is 21.2. The number of allylic oxidation sites excluding steroid dienone is 1. The Morgan fingerprint density at radius 3 is 2.62 bits per heavy atom. The standard InChI is InChI=1S/C21H32O8/c1-9-10(2)27-19-12(9)4-5-21(3)13(19)6-11(23)7-15(21)29-20-18(26)17(25)16(24)14(8-22)28-20/h9,12-20,22,24-26H,2,4-8H2,1,3H3/t9?,12-,13?,14-,15?,16-,17+,18-,19?,20+,21+/m0/s1. The van der Waals surface area contributed by atoms with Crippen molar-refractivity contribution in [3.63, 3.8) is 0 Å². The van der Waals surface area contributed by atoms with Crippen LogP contribution >= 0.6 is 0 Å². The van der Waals surface area contributed by atoms with Crippen LogP contribution in [0.3, 0.4) is 0 Å². The highest BCUT2D eigenvalue weighted by Crippen LogP contribution is 2.57. The van der Waals surface area contributed by atoms with Crippen molar-refractivity contribution < 1.29 is 39.4 Å². The molecule has 29 heavy (non-hydrogen) atoms. The van der Waals surface area contributed by atoms with Crippen molar-refractivity contribution in [1.29, 1.82) is 0 Å². The van der Waals surface area contributed by atoms with Gasteiger partial charge in [0.1, 0.15) is 36.3 Å². The maximum atomic E-state index is 12.6. The summed E-state index contributed by atoms with van der Waals surface area (Å²) < 4.78 is 17.7. The van der Waals surface area contributed by atoms with E-state index in [2.05, 4.69) is 20.4 Å². The smallest absolute Gasteiger partial charge is 0.187 e. The second-order valence-electron chi connectivity index (χ2n) is 9.42. The third-order valence-electron chi connectivity index (χ3n) is 7.86. The third kappa shape index (κ3) is 3.34. The van der Waals surface area contributed by atoms with Crippen LogP contribution in [-0.4, -0.2) is 75.7 Å². The zero-order valence-electron chi connectivity index (χ0n) is 16.9. The number of carbonyl (C=O) groups is 1. The fraction of sp³-hybridized carbons (Fsp3) is 0.857. The lowest BCUT2D eigenvalue weighted by Gasteiger charge is -2.54. The molecule has 2 heterocycles. The van der Waals surface area contributed by atoms with Crippen LogP contribution in [0.2, 0.25) is 0 Å². The van der Waals surface area contributed by atoms with E-state index < -0.39 is 43.4 Å². The molecule has 0 spiro atoms. The molecule has 4 N–H and O–H groups in total. The van der Waals surface area contributed by atoms with Crippen molar-refractivity contribution in [3.05, 3.63) is 12.3 Å². The van der Waals surface area contributed by atoms with Gasteiger partial charge in [0.05, 0.1) is 18.5 Å². The third-order valence-corrected chi connectivity index (χ3v) is 7.86. The summed E-state index contributed by atoms with van der Waals surface area (Å²) in [7, 11) is 0. The number of fused-ring (bicyclic) bond motifs is 3. The summed E-state index contributed by atoms with van der Waals surface area (Å²) in [6, 6.07) is 0. The van der Waals surface area contributed by atoms with Crippen LogP contribution in [0.5, 0.6) is 0 Å². The lowest BCUT2D eigenvalue weighted by atomic mass is 9.54. The Labute approximate surface area is 170 Å². The minimum Gasteiger partial charge on any atom is -0.494 e. The fourth-order valence-electron chi connectivity index (χ4n) is 5.79. The first-order chi connectivity index (χ1) is 13.7. The molecule has 0 radical (unpaired) electrons. The summed E-state index contributed by atoms with van der Waals surface area (Å²) in [5.41, 5.74) is -0.363. The summed E-state index contributed by atoms with van der Waals surface area (Å²) in [6.45, 7) is 7.71. The number of hydrogen-bond acceptors (Lipinski definition) is 8. The van der Waals surface area contributed by atoms with Gasteiger partial charge in [-0.25, -0.2) is 0 Å². The topological polar surface area (TPSA) is 126 Å². The monoisotopic (exact) mass is 412 g/mol. The van der Waals surface area contributed by atoms with Crippen molar-refractivity contribution >= 4 is 5.78 Å². The van der Waals surface area contributed by atoms with Crippen LogP contribution in [-0.2, 0) is 19.0 Å². The van der Waals surface area contributed by atoms with Gasteiger partial charge >= 0.3 is 0 Å². The van der Waals surface area contributed by atoms with E-state index in [4.69, 9.17) is 14.2 Å². The molecule has 11 atom stereocenters. The van der Waals surface area contributed by atoms with E-state index in [9.17, 15) is 25.2 Å². The Balaban J connectivity index is 1.56. The number of Topliss-reactive ketones (excluding diaryl/α,β-unsaturated/α-hetero) is 1. The number of hydrogen-bond donors (Lipinski definition) is 4. The number of ether oxygens (including phenoxy) is 3. The molecule has 4 unspecified atom stereocenters. The minimum atomic E-state index is -1.51. The first-order valence-electron chi connectivity index (χ1n) is 10.5. The molecule has 8 nitrogen and oxygen atoms in total. The number of aliphatic hydroxyl groups excluding tert-OH is 4. The van der Waals surface area contributed by atoms with Gasteiger partial charge in [0.15, 0.2) is 6.29 Å². The highest BCUT2D eigenvalue weighted by Gasteiger charge is 2.59. The van der Waals surface area contributed by atoms with Crippen LogP contribution in [0, 0.1) is 23.2 Å². The van der Waals surface area contributed by atoms with Crippen molar-refractivity contribution in [3.8, 4) is 0 Å². The maximum absolute atomic E-state index is 12.6. The summed E-state index contributed by atoms with van der Waals surface area (Å²) in [5, 5.41) is 39.8. The van der Waals surface area contributed by atoms with Crippen LogP contribution in [0.1, 0.15) is 39.5 Å². The van der Waals surface area contributed by atoms with Gasteiger partial charge in [-0.1, -0.05) is 20.4 Å². The van der Waals surface area contributed by atoms with Crippen molar-refractivity contribution in [2.75, 3.05) is 6.61 Å². The molecule has 0 bridgehead atoms. The van der Waals surface area contributed by atoms with E-state index in [0.29, 0.717) is 12.3 Å². The molecular formula is C21H32O8. The molecule has 4 fully saturated rings. The van der Waals surface area contributed by atoms with Crippen molar-refractivity contribution in [1.82, 2.24) is 0 Å². The average molecular weight is 412 g/mol. The number of carbonyl (C=O) groups excluding carboxylic acids is 1. The van der Waals surface area contributed by atoms with Gasteiger partial charge in [0, 0.05) is 36.0 Å². The molecule has 0 aromatic heterocycles. The molecule has 4 aliphatic rings. The average Bonchev–Trinajstić information content (AvgIpc) is 2.97. The Morgan fingerprint density at radius 2 is 1.93 bits per heavy atom. The minimum absolute atomic E-state index is 0.0286. The molecule has 164 valence electrons. The number of aliphatic hydroxyl groups is 4. The summed E-state index contributed by atoms with van der Waals surface area (Å²) >= 11 is 0. The van der Waals surface area contributed by atoms with E-state index in [-0.39, 0.29) is 35.6 Å². The Bertz CT molecular complexity index is 665. The van der Waals surface area contributed by atoms with Crippen molar-refractivity contribution in [2.24, 2.45) is 23.2 Å². The Morgan fingerprint density at radius 1 is 1.21 bits per heavy atom. The molecule has 2 saturated carbocycles. The Kier molecular flexibility index (Phi) is 5.55. The molecule has 2 aliphatic heterocycles. The predicted octanol–water partition coefficient (Wildman–Crippen LogP) is 0.115. The maximum Gasteiger partial charge on any atom is 0.187 e. The molecule has 0 aromatic rings. The van der Waals surface area contributed by atoms with Crippen molar-refractivity contribution in [2.45, 2.75) is 82.4 Å². The molecular weight excluding hydrogens is 380 g/mol. The second kappa shape index (κ2) is 7.59. The van der Waals surface area contributed by atoms with Crippen LogP contribution < -0.4 is 0 Å². The van der Waals surface area contributed by atoms with Gasteiger partial charge < -0.3 is 34.6 Å². The van der Waals surface area contributed by atoms with E-state index in [1.807, 2.05) is 0 Å². The molecule has 4 rings (SSSR count). The highest BCUT2D eigenvalue weighted by molar-refractivity contribution is 5.80. The Hall–Kier alpha value is -1.03. The van der Waals surface area contributed by atoms with E-state index in [1.165, 1.54) is 0 Å².